The molecule has 0 amide bonds. The van der Waals surface area contributed by atoms with Gasteiger partial charge in [-0.25, -0.2) is 4.79 Å². The molecule has 2 aromatic carbocycles. The molecule has 1 unspecified atom stereocenters. The van der Waals surface area contributed by atoms with Crippen LogP contribution in [0.2, 0.25) is 0 Å². The molecular formula is C20H18N2O4. The number of carbonyl (C=O) groups is 2. The molecule has 0 fully saturated rings. The number of carbonyl (C=O) groups excluding carboxylic acids is 2. The van der Waals surface area contributed by atoms with Gasteiger partial charge < -0.3 is 15.2 Å². The van der Waals surface area contributed by atoms with E-state index >= 15 is 0 Å². The van der Waals surface area contributed by atoms with E-state index in [9.17, 15) is 14.9 Å². The van der Waals surface area contributed by atoms with Gasteiger partial charge in [-0.15, -0.1) is 0 Å². The summed E-state index contributed by atoms with van der Waals surface area (Å²) in [5.74, 6) is -1.69. The molecule has 6 heteroatoms. The second-order valence-electron chi connectivity index (χ2n) is 6.19. The van der Waals surface area contributed by atoms with Crippen LogP contribution in [0.5, 0.6) is 0 Å². The summed E-state index contributed by atoms with van der Waals surface area (Å²) in [5.41, 5.74) is 9.12. The van der Waals surface area contributed by atoms with E-state index in [-0.39, 0.29) is 6.61 Å². The maximum absolute atomic E-state index is 12.3. The second kappa shape index (κ2) is 6.98. The Bertz CT molecular complexity index is 916. The molecule has 0 aromatic heterocycles. The maximum Gasteiger partial charge on any atom is 0.341 e. The topological polar surface area (TPSA) is 102 Å². The average Bonchev–Trinajstić information content (AvgIpc) is 3.05. The van der Waals surface area contributed by atoms with Crippen molar-refractivity contribution < 1.29 is 19.1 Å². The van der Waals surface area contributed by atoms with E-state index in [4.69, 9.17) is 10.5 Å². The number of ether oxygens (including phenoxy) is 2. The number of esters is 2. The predicted molar refractivity (Wildman–Crippen MR) is 93.6 cm³/mol. The Morgan fingerprint density at radius 1 is 1.19 bits per heavy atom. The molecule has 0 heterocycles. The van der Waals surface area contributed by atoms with Crippen LogP contribution in [0.3, 0.4) is 0 Å². The van der Waals surface area contributed by atoms with Crippen molar-refractivity contribution in [2.45, 2.75) is 25.0 Å². The first-order valence-electron chi connectivity index (χ1n) is 8.11. The van der Waals surface area contributed by atoms with Gasteiger partial charge >= 0.3 is 11.9 Å². The van der Waals surface area contributed by atoms with Crippen LogP contribution in [-0.4, -0.2) is 24.6 Å². The van der Waals surface area contributed by atoms with Crippen molar-refractivity contribution >= 4 is 11.9 Å². The van der Waals surface area contributed by atoms with Crippen LogP contribution >= 0.6 is 0 Å². The van der Waals surface area contributed by atoms with Gasteiger partial charge in [0, 0.05) is 0 Å². The highest BCUT2D eigenvalue weighted by molar-refractivity contribution is 5.89. The first-order valence-corrected chi connectivity index (χ1v) is 8.11. The number of fused-ring (bicyclic) bond motifs is 3. The normalized spacial score (nSPS) is 13.7. The number of rotatable bonds is 5. The third kappa shape index (κ3) is 3.17. The molecule has 1 atom stereocenters. The quantitative estimate of drug-likeness (QED) is 0.707. The van der Waals surface area contributed by atoms with Gasteiger partial charge in [-0.05, 0) is 34.2 Å². The Balaban J connectivity index is 1.77. The predicted octanol–water partition coefficient (Wildman–Crippen LogP) is 2.09. The summed E-state index contributed by atoms with van der Waals surface area (Å²) < 4.78 is 9.74. The van der Waals surface area contributed by atoms with Crippen molar-refractivity contribution in [2.75, 3.05) is 7.11 Å². The number of methoxy groups -OCH3 is 1. The minimum Gasteiger partial charge on any atom is -0.469 e. The first kappa shape index (κ1) is 17.6. The molecule has 0 aliphatic heterocycles. The molecule has 1 aliphatic rings. The van der Waals surface area contributed by atoms with Crippen molar-refractivity contribution in [3.05, 3.63) is 59.2 Å². The van der Waals surface area contributed by atoms with Gasteiger partial charge in [-0.3, -0.25) is 4.79 Å². The zero-order valence-electron chi connectivity index (χ0n) is 14.3. The average molecular weight is 350 g/mol. The number of benzene rings is 2. The molecule has 2 aromatic rings. The number of nitrogens with two attached hydrogens (primary N) is 1. The Morgan fingerprint density at radius 2 is 1.92 bits per heavy atom. The lowest BCUT2D eigenvalue weighted by atomic mass is 9.98. The van der Waals surface area contributed by atoms with Crippen molar-refractivity contribution in [1.82, 2.24) is 0 Å². The van der Waals surface area contributed by atoms with Crippen LogP contribution in [0.15, 0.2) is 42.5 Å². The molecule has 0 radical (unpaired) electrons. The SMILES string of the molecule is COC(=O)CC(N)(C#N)C(=O)OCc1cccc2c1Cc1ccccc1-2. The fraction of sp³-hybridized carbons (Fsp3) is 0.250. The molecule has 0 spiro atoms. The molecule has 1 aliphatic carbocycles. The highest BCUT2D eigenvalue weighted by Crippen LogP contribution is 2.38. The monoisotopic (exact) mass is 350 g/mol. The molecule has 3 rings (SSSR count). The fourth-order valence-corrected chi connectivity index (χ4v) is 3.09. The Labute approximate surface area is 151 Å². The fourth-order valence-electron chi connectivity index (χ4n) is 3.09. The summed E-state index contributed by atoms with van der Waals surface area (Å²) in [6.45, 7) is -0.0161. The summed E-state index contributed by atoms with van der Waals surface area (Å²) in [5, 5.41) is 9.19. The number of hydrogen-bond acceptors (Lipinski definition) is 6. The van der Waals surface area contributed by atoms with Gasteiger partial charge in [0.25, 0.3) is 0 Å². The van der Waals surface area contributed by atoms with Crippen molar-refractivity contribution in [2.24, 2.45) is 5.73 Å². The van der Waals surface area contributed by atoms with Gasteiger partial charge in [0.1, 0.15) is 6.61 Å². The van der Waals surface area contributed by atoms with E-state index in [2.05, 4.69) is 16.9 Å². The smallest absolute Gasteiger partial charge is 0.341 e. The van der Waals surface area contributed by atoms with Crippen LogP contribution in [0.4, 0.5) is 0 Å². The zero-order valence-corrected chi connectivity index (χ0v) is 14.3. The molecule has 0 saturated carbocycles. The number of nitriles is 1. The van der Waals surface area contributed by atoms with Gasteiger partial charge in [-0.2, -0.15) is 5.26 Å². The lowest BCUT2D eigenvalue weighted by Crippen LogP contribution is -2.49. The highest BCUT2D eigenvalue weighted by Gasteiger charge is 2.39. The van der Waals surface area contributed by atoms with E-state index in [0.717, 1.165) is 30.2 Å². The summed E-state index contributed by atoms with van der Waals surface area (Å²) >= 11 is 0. The Kier molecular flexibility index (Phi) is 4.74. The zero-order chi connectivity index (χ0) is 18.7. The second-order valence-corrected chi connectivity index (χ2v) is 6.19. The summed E-state index contributed by atoms with van der Waals surface area (Å²) in [6.07, 6.45) is 0.199. The lowest BCUT2D eigenvalue weighted by Gasteiger charge is -2.19. The molecule has 132 valence electrons. The van der Waals surface area contributed by atoms with Gasteiger partial charge in [0.2, 0.25) is 5.54 Å². The van der Waals surface area contributed by atoms with Crippen LogP contribution in [0, 0.1) is 11.3 Å². The van der Waals surface area contributed by atoms with E-state index in [1.165, 1.54) is 11.1 Å². The molecule has 0 bridgehead atoms. The van der Waals surface area contributed by atoms with E-state index in [1.807, 2.05) is 30.3 Å². The van der Waals surface area contributed by atoms with Crippen molar-refractivity contribution in [1.29, 1.82) is 5.26 Å². The first-order chi connectivity index (χ1) is 12.5. The summed E-state index contributed by atoms with van der Waals surface area (Å²) in [6, 6.07) is 15.6. The van der Waals surface area contributed by atoms with E-state index in [1.54, 1.807) is 6.07 Å². The summed E-state index contributed by atoms with van der Waals surface area (Å²) in [4.78, 5) is 23.6. The van der Waals surface area contributed by atoms with Crippen molar-refractivity contribution in [3.63, 3.8) is 0 Å². The molecular weight excluding hydrogens is 332 g/mol. The van der Waals surface area contributed by atoms with Gasteiger partial charge in [0.15, 0.2) is 0 Å². The third-order valence-electron chi connectivity index (χ3n) is 4.52. The van der Waals surface area contributed by atoms with Gasteiger partial charge in [-0.1, -0.05) is 42.5 Å². The van der Waals surface area contributed by atoms with Crippen LogP contribution < -0.4 is 5.73 Å². The summed E-state index contributed by atoms with van der Waals surface area (Å²) in [7, 11) is 1.16. The standard InChI is InChI=1S/C20H18N2O4/c1-25-18(23)10-20(22,12-21)19(24)26-11-14-6-4-8-16-15-7-3-2-5-13(15)9-17(14)16/h2-8H,9-11,22H2,1H3. The Hall–Kier alpha value is -3.17. The largest absolute Gasteiger partial charge is 0.469 e. The van der Waals surface area contributed by atoms with E-state index in [0.29, 0.717) is 0 Å². The maximum atomic E-state index is 12.3. The van der Waals surface area contributed by atoms with E-state index < -0.39 is 23.9 Å². The lowest BCUT2D eigenvalue weighted by molar-refractivity contribution is -0.154. The van der Waals surface area contributed by atoms with Crippen molar-refractivity contribution in [3.8, 4) is 17.2 Å². The molecule has 0 saturated heterocycles. The molecule has 26 heavy (non-hydrogen) atoms. The number of hydrogen-bond donors (Lipinski definition) is 1. The number of nitrogens with zero attached hydrogens (tertiary/aromatic N) is 1. The minimum absolute atomic E-state index is 0.0161. The Morgan fingerprint density at radius 3 is 2.65 bits per heavy atom. The third-order valence-corrected chi connectivity index (χ3v) is 4.52. The van der Waals surface area contributed by atoms with Crippen LogP contribution in [0.1, 0.15) is 23.1 Å². The molecule has 2 N–H and O–H groups in total. The molecule has 6 nitrogen and oxygen atoms in total. The van der Waals surface area contributed by atoms with Crippen LogP contribution in [-0.2, 0) is 32.1 Å². The highest BCUT2D eigenvalue weighted by atomic mass is 16.5. The van der Waals surface area contributed by atoms with Crippen LogP contribution in [0.25, 0.3) is 11.1 Å². The minimum atomic E-state index is -2.06. The van der Waals surface area contributed by atoms with Gasteiger partial charge in [0.05, 0.1) is 19.6 Å².